The van der Waals surface area contributed by atoms with E-state index in [1.165, 1.54) is 25.1 Å². The van der Waals surface area contributed by atoms with Crippen LogP contribution in [0.4, 0.5) is 5.69 Å². The molecule has 0 aromatic heterocycles. The topological polar surface area (TPSA) is 92.5 Å². The van der Waals surface area contributed by atoms with E-state index in [1.807, 2.05) is 0 Å². The maximum absolute atomic E-state index is 11.7. The van der Waals surface area contributed by atoms with Gasteiger partial charge in [0.1, 0.15) is 5.56 Å². The summed E-state index contributed by atoms with van der Waals surface area (Å²) in [4.78, 5) is 21.7. The Labute approximate surface area is 102 Å². The average Bonchev–Trinajstić information content (AvgIpc) is 2.25. The molecule has 0 saturated heterocycles. The Bertz CT molecular complexity index is 448. The third-order valence-corrected chi connectivity index (χ3v) is 2.29. The zero-order valence-electron chi connectivity index (χ0n) is 9.01. The first-order valence-corrected chi connectivity index (χ1v) is 5.20. The second-order valence-corrected chi connectivity index (χ2v) is 3.86. The van der Waals surface area contributed by atoms with Crippen LogP contribution in [0.25, 0.3) is 0 Å². The number of aliphatic hydroxyl groups is 1. The van der Waals surface area contributed by atoms with Crippen LogP contribution in [0.1, 0.15) is 17.3 Å². The molecule has 92 valence electrons. The van der Waals surface area contributed by atoms with Gasteiger partial charge in [0.15, 0.2) is 0 Å². The molecule has 0 bridgehead atoms. The predicted octanol–water partition coefficient (Wildman–Crippen LogP) is 1.36. The number of carbonyl (C=O) groups is 1. The maximum Gasteiger partial charge on any atom is 0.283 e. The van der Waals surface area contributed by atoms with Crippen LogP contribution in [-0.2, 0) is 0 Å². The standard InChI is InChI=1S/C10H11ClN2O4/c1-6(14)5-12-10(15)9-7(11)3-2-4-8(9)13(16)17/h2-4,6,14H,5H2,1H3,(H,12,15)/t6-/m1/s1. The minimum Gasteiger partial charge on any atom is -0.392 e. The monoisotopic (exact) mass is 258 g/mol. The second kappa shape index (κ2) is 5.60. The lowest BCUT2D eigenvalue weighted by atomic mass is 10.1. The highest BCUT2D eigenvalue weighted by Crippen LogP contribution is 2.25. The highest BCUT2D eigenvalue weighted by atomic mass is 35.5. The SMILES string of the molecule is C[C@@H](O)CNC(=O)c1c(Cl)cccc1[N+](=O)[O-]. The summed E-state index contributed by atoms with van der Waals surface area (Å²) in [7, 11) is 0. The number of nitro benzene ring substituents is 1. The van der Waals surface area contributed by atoms with Crippen molar-refractivity contribution in [2.45, 2.75) is 13.0 Å². The molecule has 0 aliphatic heterocycles. The van der Waals surface area contributed by atoms with Crippen LogP contribution >= 0.6 is 11.6 Å². The number of rotatable bonds is 4. The number of hydrogen-bond donors (Lipinski definition) is 2. The Hall–Kier alpha value is -1.66. The molecule has 6 nitrogen and oxygen atoms in total. The molecule has 1 amide bonds. The lowest BCUT2D eigenvalue weighted by Crippen LogP contribution is -2.31. The number of nitro groups is 1. The summed E-state index contributed by atoms with van der Waals surface area (Å²) in [6, 6.07) is 3.99. The fourth-order valence-corrected chi connectivity index (χ4v) is 1.47. The minimum absolute atomic E-state index is 0.00120. The lowest BCUT2D eigenvalue weighted by molar-refractivity contribution is -0.385. The van der Waals surface area contributed by atoms with Gasteiger partial charge < -0.3 is 10.4 Å². The molecule has 0 radical (unpaired) electrons. The number of halogens is 1. The molecular weight excluding hydrogens is 248 g/mol. The Balaban J connectivity index is 3.03. The normalized spacial score (nSPS) is 11.9. The molecule has 0 aliphatic carbocycles. The van der Waals surface area contributed by atoms with Gasteiger partial charge in [-0.1, -0.05) is 17.7 Å². The molecular formula is C10H11ClN2O4. The van der Waals surface area contributed by atoms with E-state index in [9.17, 15) is 14.9 Å². The van der Waals surface area contributed by atoms with Crippen molar-refractivity contribution in [1.29, 1.82) is 0 Å². The molecule has 0 aliphatic rings. The largest absolute Gasteiger partial charge is 0.392 e. The van der Waals surface area contributed by atoms with Gasteiger partial charge in [-0.2, -0.15) is 0 Å². The molecule has 0 heterocycles. The quantitative estimate of drug-likeness (QED) is 0.630. The van der Waals surface area contributed by atoms with E-state index in [2.05, 4.69) is 5.32 Å². The van der Waals surface area contributed by atoms with Crippen LogP contribution in [0.3, 0.4) is 0 Å². The third-order valence-electron chi connectivity index (χ3n) is 1.97. The van der Waals surface area contributed by atoms with Gasteiger partial charge in [0, 0.05) is 12.6 Å². The van der Waals surface area contributed by atoms with E-state index >= 15 is 0 Å². The van der Waals surface area contributed by atoms with Crippen molar-refractivity contribution in [3.8, 4) is 0 Å². The van der Waals surface area contributed by atoms with Crippen LogP contribution in [0, 0.1) is 10.1 Å². The van der Waals surface area contributed by atoms with Gasteiger partial charge in [-0.05, 0) is 13.0 Å². The van der Waals surface area contributed by atoms with Crippen molar-refractivity contribution >= 4 is 23.2 Å². The number of aliphatic hydroxyl groups excluding tert-OH is 1. The smallest absolute Gasteiger partial charge is 0.283 e. The molecule has 1 rings (SSSR count). The summed E-state index contributed by atoms with van der Waals surface area (Å²) in [5.74, 6) is -0.678. The van der Waals surface area contributed by atoms with Crippen LogP contribution < -0.4 is 5.32 Å². The van der Waals surface area contributed by atoms with Crippen LogP contribution in [-0.4, -0.2) is 28.6 Å². The molecule has 1 aromatic rings. The second-order valence-electron chi connectivity index (χ2n) is 3.45. The number of nitrogens with one attached hydrogen (secondary N) is 1. The number of amides is 1. The summed E-state index contributed by atoms with van der Waals surface area (Å²) in [5, 5.41) is 22.1. The van der Waals surface area contributed by atoms with Crippen molar-refractivity contribution in [2.75, 3.05) is 6.54 Å². The number of nitrogens with zero attached hydrogens (tertiary/aromatic N) is 1. The number of hydrogen-bond acceptors (Lipinski definition) is 4. The van der Waals surface area contributed by atoms with Gasteiger partial charge >= 0.3 is 0 Å². The minimum atomic E-state index is -0.736. The highest BCUT2D eigenvalue weighted by Gasteiger charge is 2.23. The molecule has 0 spiro atoms. The van der Waals surface area contributed by atoms with Crippen molar-refractivity contribution < 1.29 is 14.8 Å². The van der Waals surface area contributed by atoms with Crippen molar-refractivity contribution in [1.82, 2.24) is 5.32 Å². The van der Waals surface area contributed by atoms with Crippen molar-refractivity contribution in [3.63, 3.8) is 0 Å². The predicted molar refractivity (Wildman–Crippen MR) is 62.1 cm³/mol. The van der Waals surface area contributed by atoms with Gasteiger partial charge in [-0.3, -0.25) is 14.9 Å². The zero-order chi connectivity index (χ0) is 13.0. The molecule has 7 heteroatoms. The molecule has 1 atom stereocenters. The van der Waals surface area contributed by atoms with Crippen molar-refractivity contribution in [2.24, 2.45) is 0 Å². The third kappa shape index (κ3) is 3.40. The molecule has 0 saturated carbocycles. The molecule has 2 N–H and O–H groups in total. The molecule has 17 heavy (non-hydrogen) atoms. The zero-order valence-corrected chi connectivity index (χ0v) is 9.77. The van der Waals surface area contributed by atoms with E-state index < -0.39 is 16.9 Å². The summed E-state index contributed by atoms with van der Waals surface area (Å²) in [6.07, 6.45) is -0.736. The number of carbonyl (C=O) groups excluding carboxylic acids is 1. The Morgan fingerprint density at radius 2 is 2.29 bits per heavy atom. The van der Waals surface area contributed by atoms with E-state index in [-0.39, 0.29) is 22.8 Å². The number of benzene rings is 1. The Morgan fingerprint density at radius 1 is 1.65 bits per heavy atom. The highest BCUT2D eigenvalue weighted by molar-refractivity contribution is 6.34. The van der Waals surface area contributed by atoms with E-state index in [1.54, 1.807) is 0 Å². The summed E-state index contributed by atoms with van der Waals surface area (Å²) >= 11 is 5.76. The van der Waals surface area contributed by atoms with Gasteiger partial charge in [0.05, 0.1) is 16.0 Å². The van der Waals surface area contributed by atoms with Gasteiger partial charge in [0.2, 0.25) is 0 Å². The molecule has 1 aromatic carbocycles. The Kier molecular flexibility index (Phi) is 4.42. The van der Waals surface area contributed by atoms with Gasteiger partial charge in [-0.15, -0.1) is 0 Å². The van der Waals surface area contributed by atoms with Crippen LogP contribution in [0.5, 0.6) is 0 Å². The van der Waals surface area contributed by atoms with Gasteiger partial charge in [0.25, 0.3) is 11.6 Å². The first kappa shape index (κ1) is 13.4. The van der Waals surface area contributed by atoms with E-state index in [4.69, 9.17) is 16.7 Å². The van der Waals surface area contributed by atoms with Crippen LogP contribution in [0.2, 0.25) is 5.02 Å². The molecule has 0 unspecified atom stereocenters. The summed E-state index contributed by atoms with van der Waals surface area (Å²) < 4.78 is 0. The lowest BCUT2D eigenvalue weighted by Gasteiger charge is -2.08. The summed E-state index contributed by atoms with van der Waals surface area (Å²) in [5.41, 5.74) is -0.555. The first-order chi connectivity index (χ1) is 7.93. The maximum atomic E-state index is 11.7. The first-order valence-electron chi connectivity index (χ1n) is 4.82. The van der Waals surface area contributed by atoms with E-state index in [0.717, 1.165) is 0 Å². The van der Waals surface area contributed by atoms with E-state index in [0.29, 0.717) is 0 Å². The molecule has 0 fully saturated rings. The Morgan fingerprint density at radius 3 is 2.82 bits per heavy atom. The fraction of sp³-hybridized carbons (Fsp3) is 0.300. The van der Waals surface area contributed by atoms with Crippen LogP contribution in [0.15, 0.2) is 18.2 Å². The fourth-order valence-electron chi connectivity index (χ4n) is 1.22. The van der Waals surface area contributed by atoms with Crippen molar-refractivity contribution in [3.05, 3.63) is 38.9 Å². The average molecular weight is 259 g/mol. The summed E-state index contributed by atoms with van der Waals surface area (Å²) in [6.45, 7) is 1.49. The van der Waals surface area contributed by atoms with Gasteiger partial charge in [-0.25, -0.2) is 0 Å².